The van der Waals surface area contributed by atoms with Gasteiger partial charge in [-0.1, -0.05) is 48.0 Å². The van der Waals surface area contributed by atoms with Crippen molar-refractivity contribution in [1.29, 1.82) is 0 Å². The lowest BCUT2D eigenvalue weighted by molar-refractivity contribution is -0.120. The van der Waals surface area contributed by atoms with Crippen LogP contribution in [0.15, 0.2) is 78.5 Å². The normalized spacial score (nSPS) is 16.2. The summed E-state index contributed by atoms with van der Waals surface area (Å²) in [5, 5.41) is 3.71. The highest BCUT2D eigenvalue weighted by molar-refractivity contribution is 6.46. The third-order valence-corrected chi connectivity index (χ3v) is 6.40. The Labute approximate surface area is 198 Å². The van der Waals surface area contributed by atoms with Crippen molar-refractivity contribution in [2.24, 2.45) is 0 Å². The Morgan fingerprint density at radius 1 is 0.848 bits per heavy atom. The molecule has 0 aliphatic carbocycles. The smallest absolute Gasteiger partial charge is 0.282 e. The van der Waals surface area contributed by atoms with E-state index in [1.807, 2.05) is 55.5 Å². The fraction of sp³-hybridized carbons (Fsp3) is 0.185. The summed E-state index contributed by atoms with van der Waals surface area (Å²) in [6.45, 7) is 3.99. The first kappa shape index (κ1) is 21.3. The van der Waals surface area contributed by atoms with Gasteiger partial charge in [-0.3, -0.25) is 9.59 Å². The lowest BCUT2D eigenvalue weighted by atomic mass is 10.0. The molecule has 33 heavy (non-hydrogen) atoms. The summed E-state index contributed by atoms with van der Waals surface area (Å²) in [5.41, 5.74) is 4.52. The highest BCUT2D eigenvalue weighted by atomic mass is 35.5. The number of hydrogen-bond donors (Lipinski definition) is 1. The Bertz CT molecular complexity index is 1250. The van der Waals surface area contributed by atoms with Crippen molar-refractivity contribution in [3.8, 4) is 0 Å². The maximum atomic E-state index is 13.6. The molecule has 1 N–H and O–H groups in total. The van der Waals surface area contributed by atoms with Gasteiger partial charge in [0.05, 0.1) is 11.3 Å². The maximum absolute atomic E-state index is 13.6. The Morgan fingerprint density at radius 3 is 2.24 bits per heavy atom. The van der Waals surface area contributed by atoms with Gasteiger partial charge < -0.3 is 10.2 Å². The fourth-order valence-corrected chi connectivity index (χ4v) is 4.60. The molecule has 2 heterocycles. The van der Waals surface area contributed by atoms with Crippen LogP contribution >= 0.6 is 11.6 Å². The number of benzene rings is 3. The Kier molecular flexibility index (Phi) is 5.65. The molecule has 6 heteroatoms. The summed E-state index contributed by atoms with van der Waals surface area (Å²) >= 11 is 6.20. The van der Waals surface area contributed by atoms with Gasteiger partial charge >= 0.3 is 0 Å². The number of rotatable bonds is 5. The second kappa shape index (κ2) is 8.75. The van der Waals surface area contributed by atoms with E-state index in [1.54, 1.807) is 12.1 Å². The molecule has 0 radical (unpaired) electrons. The summed E-state index contributed by atoms with van der Waals surface area (Å²) in [6, 6.07) is 22.5. The number of nitrogens with zero attached hydrogens (tertiary/aromatic N) is 2. The van der Waals surface area contributed by atoms with E-state index in [0.29, 0.717) is 21.8 Å². The molecular formula is C27H24ClN3O2. The van der Waals surface area contributed by atoms with Crippen LogP contribution in [-0.4, -0.2) is 24.9 Å². The first-order valence-electron chi connectivity index (χ1n) is 11.1. The van der Waals surface area contributed by atoms with Crippen LogP contribution in [-0.2, 0) is 9.59 Å². The molecule has 0 atom stereocenters. The molecular weight excluding hydrogens is 434 g/mol. The SMILES string of the molecule is Cc1ccc(Cl)cc1N1C(=O)C(Nc2ccc(N3CCCC3)cc2)=C(c2ccccc2)C1=O. The number of carbonyl (C=O) groups is 2. The molecule has 2 aliphatic heterocycles. The Balaban J connectivity index is 1.53. The summed E-state index contributed by atoms with van der Waals surface area (Å²) in [7, 11) is 0. The molecule has 0 aromatic heterocycles. The van der Waals surface area contributed by atoms with Gasteiger partial charge in [0.15, 0.2) is 0 Å². The number of nitrogens with one attached hydrogen (secondary N) is 1. The minimum Gasteiger partial charge on any atom is -0.372 e. The minimum atomic E-state index is -0.396. The number of hydrogen-bond acceptors (Lipinski definition) is 4. The van der Waals surface area contributed by atoms with E-state index < -0.39 is 5.91 Å². The lowest BCUT2D eigenvalue weighted by Gasteiger charge is -2.19. The molecule has 5 nitrogen and oxygen atoms in total. The van der Waals surface area contributed by atoms with Crippen LogP contribution in [0.4, 0.5) is 17.1 Å². The standard InChI is InChI=1S/C27H24ClN3O2/c1-18-9-10-20(28)17-23(18)31-26(32)24(19-7-3-2-4-8-19)25(27(31)33)29-21-11-13-22(14-12-21)30-15-5-6-16-30/h2-4,7-14,17,29H,5-6,15-16H2,1H3. The molecule has 3 aromatic rings. The van der Waals surface area contributed by atoms with Crippen LogP contribution in [0.5, 0.6) is 0 Å². The second-order valence-corrected chi connectivity index (χ2v) is 8.80. The molecule has 2 aliphatic rings. The number of carbonyl (C=O) groups excluding carboxylic acids is 2. The van der Waals surface area contributed by atoms with E-state index in [2.05, 4.69) is 22.3 Å². The molecule has 1 fully saturated rings. The molecule has 0 spiro atoms. The van der Waals surface area contributed by atoms with E-state index >= 15 is 0 Å². The third kappa shape index (κ3) is 4.00. The summed E-state index contributed by atoms with van der Waals surface area (Å²) in [6.07, 6.45) is 2.42. The number of amides is 2. The first-order chi connectivity index (χ1) is 16.0. The molecule has 166 valence electrons. The van der Waals surface area contributed by atoms with E-state index in [0.717, 1.165) is 24.3 Å². The van der Waals surface area contributed by atoms with Gasteiger partial charge in [-0.05, 0) is 67.3 Å². The van der Waals surface area contributed by atoms with Crippen molar-refractivity contribution in [1.82, 2.24) is 0 Å². The van der Waals surface area contributed by atoms with Crippen molar-refractivity contribution >= 4 is 46.1 Å². The molecule has 3 aromatic carbocycles. The first-order valence-corrected chi connectivity index (χ1v) is 11.5. The predicted octanol–water partition coefficient (Wildman–Crippen LogP) is 5.65. The van der Waals surface area contributed by atoms with Crippen LogP contribution in [0.1, 0.15) is 24.0 Å². The van der Waals surface area contributed by atoms with Crippen molar-refractivity contribution in [3.63, 3.8) is 0 Å². The molecule has 0 bridgehead atoms. The number of anilines is 3. The van der Waals surface area contributed by atoms with Gasteiger partial charge in [0.25, 0.3) is 11.8 Å². The Morgan fingerprint density at radius 2 is 1.55 bits per heavy atom. The summed E-state index contributed by atoms with van der Waals surface area (Å²) in [5.74, 6) is -0.763. The second-order valence-electron chi connectivity index (χ2n) is 8.36. The molecule has 1 saturated heterocycles. The molecule has 0 saturated carbocycles. The zero-order chi connectivity index (χ0) is 22.9. The maximum Gasteiger partial charge on any atom is 0.282 e. The van der Waals surface area contributed by atoms with Crippen LogP contribution in [0.3, 0.4) is 0 Å². The van der Waals surface area contributed by atoms with E-state index in [-0.39, 0.29) is 11.6 Å². The van der Waals surface area contributed by atoms with Crippen molar-refractivity contribution in [2.45, 2.75) is 19.8 Å². The fourth-order valence-electron chi connectivity index (χ4n) is 4.44. The van der Waals surface area contributed by atoms with Gasteiger partial charge in [0.1, 0.15) is 5.70 Å². The Hall–Kier alpha value is -3.57. The predicted molar refractivity (Wildman–Crippen MR) is 134 cm³/mol. The van der Waals surface area contributed by atoms with Crippen molar-refractivity contribution in [3.05, 3.63) is 94.6 Å². The van der Waals surface area contributed by atoms with E-state index in [1.165, 1.54) is 23.4 Å². The monoisotopic (exact) mass is 457 g/mol. The number of aryl methyl sites for hydroxylation is 1. The zero-order valence-electron chi connectivity index (χ0n) is 18.3. The highest BCUT2D eigenvalue weighted by Gasteiger charge is 2.40. The topological polar surface area (TPSA) is 52.7 Å². The average molecular weight is 458 g/mol. The number of halogens is 1. The van der Waals surface area contributed by atoms with Gasteiger partial charge in [-0.15, -0.1) is 0 Å². The van der Waals surface area contributed by atoms with Gasteiger partial charge in [0.2, 0.25) is 0 Å². The van der Waals surface area contributed by atoms with Crippen LogP contribution in [0.25, 0.3) is 5.57 Å². The van der Waals surface area contributed by atoms with Crippen LogP contribution < -0.4 is 15.1 Å². The van der Waals surface area contributed by atoms with Gasteiger partial charge in [-0.25, -0.2) is 4.90 Å². The molecule has 2 amide bonds. The largest absolute Gasteiger partial charge is 0.372 e. The summed E-state index contributed by atoms with van der Waals surface area (Å²) in [4.78, 5) is 30.7. The van der Waals surface area contributed by atoms with Crippen molar-refractivity contribution in [2.75, 3.05) is 28.2 Å². The average Bonchev–Trinajstić information content (AvgIpc) is 3.44. The summed E-state index contributed by atoms with van der Waals surface area (Å²) < 4.78 is 0. The van der Waals surface area contributed by atoms with Crippen molar-refractivity contribution < 1.29 is 9.59 Å². The number of imide groups is 1. The van der Waals surface area contributed by atoms with E-state index in [9.17, 15) is 9.59 Å². The van der Waals surface area contributed by atoms with E-state index in [4.69, 9.17) is 11.6 Å². The van der Waals surface area contributed by atoms with Crippen LogP contribution in [0.2, 0.25) is 5.02 Å². The molecule has 5 rings (SSSR count). The van der Waals surface area contributed by atoms with Gasteiger partial charge in [0, 0.05) is 29.5 Å². The minimum absolute atomic E-state index is 0.263. The lowest BCUT2D eigenvalue weighted by Crippen LogP contribution is -2.33. The molecule has 0 unspecified atom stereocenters. The highest BCUT2D eigenvalue weighted by Crippen LogP contribution is 2.36. The third-order valence-electron chi connectivity index (χ3n) is 6.17. The quantitative estimate of drug-likeness (QED) is 0.503. The van der Waals surface area contributed by atoms with Gasteiger partial charge in [-0.2, -0.15) is 0 Å². The zero-order valence-corrected chi connectivity index (χ0v) is 19.1. The van der Waals surface area contributed by atoms with Crippen LogP contribution in [0, 0.1) is 6.92 Å².